The monoisotopic (exact) mass is 394 g/mol. The molecule has 1 fully saturated rings. The van der Waals surface area contributed by atoms with E-state index < -0.39 is 11.9 Å². The van der Waals surface area contributed by atoms with Crippen LogP contribution in [0.2, 0.25) is 0 Å². The third kappa shape index (κ3) is 3.76. The minimum Gasteiger partial charge on any atom is -0.497 e. The van der Waals surface area contributed by atoms with Crippen molar-refractivity contribution in [1.82, 2.24) is 9.88 Å². The van der Waals surface area contributed by atoms with Gasteiger partial charge in [0.2, 0.25) is 0 Å². The van der Waals surface area contributed by atoms with Crippen LogP contribution in [0.15, 0.2) is 30.3 Å². The van der Waals surface area contributed by atoms with Crippen LogP contribution in [0.25, 0.3) is 0 Å². The Morgan fingerprint density at radius 2 is 1.93 bits per heavy atom. The van der Waals surface area contributed by atoms with Crippen molar-refractivity contribution < 1.29 is 27.4 Å². The molecule has 1 aromatic carbocycles. The second-order valence-corrected chi connectivity index (χ2v) is 6.59. The third-order valence-corrected chi connectivity index (χ3v) is 4.92. The van der Waals surface area contributed by atoms with E-state index in [2.05, 4.69) is 4.98 Å². The molecule has 1 atom stereocenters. The van der Waals surface area contributed by atoms with Gasteiger partial charge >= 0.3 is 6.18 Å². The van der Waals surface area contributed by atoms with Crippen molar-refractivity contribution >= 4 is 5.91 Å². The van der Waals surface area contributed by atoms with Crippen LogP contribution in [0.1, 0.15) is 46.2 Å². The maximum Gasteiger partial charge on any atom is 0.433 e. The number of nitrogens with zero attached hydrogens (tertiary/aromatic N) is 2. The molecule has 1 aliphatic rings. The molecule has 3 rings (SSSR count). The van der Waals surface area contributed by atoms with Crippen LogP contribution in [0.4, 0.5) is 13.2 Å². The van der Waals surface area contributed by atoms with E-state index in [1.54, 1.807) is 31.3 Å². The highest BCUT2D eigenvalue weighted by molar-refractivity contribution is 5.95. The van der Waals surface area contributed by atoms with Gasteiger partial charge in [0.15, 0.2) is 0 Å². The fourth-order valence-electron chi connectivity index (χ4n) is 3.53. The number of ether oxygens (including phenoxy) is 2. The predicted octanol–water partition coefficient (Wildman–Crippen LogP) is 4.40. The number of hydrogen-bond donors (Lipinski definition) is 0. The summed E-state index contributed by atoms with van der Waals surface area (Å²) in [7, 11) is 3.10. The Kier molecular flexibility index (Phi) is 5.49. The second-order valence-electron chi connectivity index (χ2n) is 6.59. The molecule has 0 radical (unpaired) electrons. The highest BCUT2D eigenvalue weighted by atomic mass is 19.4. The van der Waals surface area contributed by atoms with Crippen LogP contribution in [0.5, 0.6) is 11.5 Å². The second kappa shape index (κ2) is 7.69. The largest absolute Gasteiger partial charge is 0.497 e. The van der Waals surface area contributed by atoms with E-state index in [1.165, 1.54) is 13.0 Å². The summed E-state index contributed by atoms with van der Waals surface area (Å²) < 4.78 is 49.2. The van der Waals surface area contributed by atoms with Crippen LogP contribution < -0.4 is 9.47 Å². The molecule has 2 heterocycles. The van der Waals surface area contributed by atoms with Crippen LogP contribution in [-0.4, -0.2) is 36.6 Å². The fraction of sp³-hybridized carbons (Fsp3) is 0.400. The molecular weight excluding hydrogens is 373 g/mol. The molecule has 1 unspecified atom stereocenters. The minimum atomic E-state index is -4.54. The van der Waals surface area contributed by atoms with Crippen LogP contribution in [0, 0.1) is 6.92 Å². The summed E-state index contributed by atoms with van der Waals surface area (Å²) in [5.41, 5.74) is 0.0718. The number of carbonyl (C=O) groups excluding carboxylic acids is 1. The molecule has 1 amide bonds. The summed E-state index contributed by atoms with van der Waals surface area (Å²) in [5.74, 6) is 0.907. The zero-order valence-electron chi connectivity index (χ0n) is 15.8. The van der Waals surface area contributed by atoms with Gasteiger partial charge in [-0.2, -0.15) is 13.2 Å². The Labute approximate surface area is 161 Å². The fourth-order valence-corrected chi connectivity index (χ4v) is 3.53. The molecule has 5 nitrogen and oxygen atoms in total. The Bertz CT molecular complexity index is 883. The molecule has 0 saturated carbocycles. The van der Waals surface area contributed by atoms with Gasteiger partial charge in [-0.25, -0.2) is 4.98 Å². The molecule has 0 bridgehead atoms. The number of halogens is 3. The van der Waals surface area contributed by atoms with E-state index in [1.807, 2.05) is 6.07 Å². The topological polar surface area (TPSA) is 51.7 Å². The van der Waals surface area contributed by atoms with Crippen molar-refractivity contribution in [3.05, 3.63) is 52.8 Å². The first-order valence-corrected chi connectivity index (χ1v) is 8.84. The molecule has 0 spiro atoms. The molecule has 2 aromatic rings. The van der Waals surface area contributed by atoms with Crippen molar-refractivity contribution in [3.8, 4) is 11.5 Å². The lowest BCUT2D eigenvalue weighted by Gasteiger charge is -2.27. The molecule has 8 heteroatoms. The summed E-state index contributed by atoms with van der Waals surface area (Å²) >= 11 is 0. The molecule has 150 valence electrons. The SMILES string of the molecule is COc1ccc(C2CCCN2C(=O)c2ccc(C(F)(F)F)nc2C)c(OC)c1. The zero-order valence-corrected chi connectivity index (χ0v) is 15.8. The number of pyridine rings is 1. The number of aryl methyl sites for hydroxylation is 1. The van der Waals surface area contributed by atoms with Crippen molar-refractivity contribution in [1.29, 1.82) is 0 Å². The van der Waals surface area contributed by atoms with Gasteiger partial charge in [-0.15, -0.1) is 0 Å². The van der Waals surface area contributed by atoms with Gasteiger partial charge in [-0.05, 0) is 44.0 Å². The zero-order chi connectivity index (χ0) is 20.5. The highest BCUT2D eigenvalue weighted by Gasteiger charge is 2.36. The van der Waals surface area contributed by atoms with E-state index in [9.17, 15) is 18.0 Å². The minimum absolute atomic E-state index is 0.0622. The van der Waals surface area contributed by atoms with Gasteiger partial charge in [0.05, 0.1) is 31.5 Å². The number of benzene rings is 1. The number of methoxy groups -OCH3 is 2. The summed E-state index contributed by atoms with van der Waals surface area (Å²) in [4.78, 5) is 18.3. The number of carbonyl (C=O) groups is 1. The number of rotatable bonds is 4. The quantitative estimate of drug-likeness (QED) is 0.771. The van der Waals surface area contributed by atoms with Gasteiger partial charge in [0.25, 0.3) is 5.91 Å². The molecule has 1 saturated heterocycles. The molecule has 1 aromatic heterocycles. The number of amides is 1. The summed E-state index contributed by atoms with van der Waals surface area (Å²) in [6.45, 7) is 1.93. The Balaban J connectivity index is 1.92. The maximum absolute atomic E-state index is 13.1. The van der Waals surface area contributed by atoms with Crippen LogP contribution in [-0.2, 0) is 6.18 Å². The first-order chi connectivity index (χ1) is 13.3. The van der Waals surface area contributed by atoms with Crippen molar-refractivity contribution in [2.75, 3.05) is 20.8 Å². The molecule has 0 N–H and O–H groups in total. The van der Waals surface area contributed by atoms with Gasteiger partial charge in [-0.3, -0.25) is 4.79 Å². The Hall–Kier alpha value is -2.77. The first-order valence-electron chi connectivity index (χ1n) is 8.84. The van der Waals surface area contributed by atoms with Crippen LogP contribution >= 0.6 is 0 Å². The van der Waals surface area contributed by atoms with Gasteiger partial charge in [0, 0.05) is 18.2 Å². The lowest BCUT2D eigenvalue weighted by molar-refractivity contribution is -0.141. The van der Waals surface area contributed by atoms with Gasteiger partial charge in [0.1, 0.15) is 17.2 Å². The van der Waals surface area contributed by atoms with Crippen molar-refractivity contribution in [2.45, 2.75) is 32.0 Å². The maximum atomic E-state index is 13.1. The van der Waals surface area contributed by atoms with Gasteiger partial charge in [-0.1, -0.05) is 0 Å². The number of alkyl halides is 3. The normalized spacial score (nSPS) is 16.9. The predicted molar refractivity (Wildman–Crippen MR) is 96.5 cm³/mol. The smallest absolute Gasteiger partial charge is 0.433 e. The Morgan fingerprint density at radius 3 is 2.54 bits per heavy atom. The third-order valence-electron chi connectivity index (χ3n) is 4.92. The molecular formula is C20H21F3N2O3. The average molecular weight is 394 g/mol. The van der Waals surface area contributed by atoms with E-state index in [0.29, 0.717) is 18.0 Å². The number of aromatic nitrogens is 1. The first kappa shape index (κ1) is 20.0. The standard InChI is InChI=1S/C20H21F3N2O3/c1-12-14(8-9-18(24-12)20(21,22)23)19(26)25-10-4-5-16(25)15-7-6-13(27-2)11-17(15)28-3/h6-9,11,16H,4-5,10H2,1-3H3. The molecule has 28 heavy (non-hydrogen) atoms. The average Bonchev–Trinajstić information content (AvgIpc) is 3.15. The molecule has 0 aliphatic carbocycles. The van der Waals surface area contributed by atoms with E-state index in [0.717, 1.165) is 24.5 Å². The lowest BCUT2D eigenvalue weighted by Crippen LogP contribution is -2.31. The van der Waals surface area contributed by atoms with E-state index in [-0.39, 0.29) is 23.2 Å². The lowest BCUT2D eigenvalue weighted by atomic mass is 10.0. The number of likely N-dealkylation sites (tertiary alicyclic amines) is 1. The van der Waals surface area contributed by atoms with Crippen LogP contribution in [0.3, 0.4) is 0 Å². The van der Waals surface area contributed by atoms with Gasteiger partial charge < -0.3 is 14.4 Å². The summed E-state index contributed by atoms with van der Waals surface area (Å²) in [6, 6.07) is 7.22. The van der Waals surface area contributed by atoms with E-state index in [4.69, 9.17) is 9.47 Å². The van der Waals surface area contributed by atoms with E-state index >= 15 is 0 Å². The Morgan fingerprint density at radius 1 is 1.18 bits per heavy atom. The number of hydrogen-bond acceptors (Lipinski definition) is 4. The molecule has 1 aliphatic heterocycles. The summed E-state index contributed by atoms with van der Waals surface area (Å²) in [6.07, 6.45) is -3.01. The summed E-state index contributed by atoms with van der Waals surface area (Å²) in [5, 5.41) is 0. The van der Waals surface area contributed by atoms with Crippen molar-refractivity contribution in [2.24, 2.45) is 0 Å². The van der Waals surface area contributed by atoms with Crippen molar-refractivity contribution in [3.63, 3.8) is 0 Å². The highest BCUT2D eigenvalue weighted by Crippen LogP contribution is 2.39.